The number of nitrogens with zero attached hydrogens (tertiary/aromatic N) is 4. The fourth-order valence-electron chi connectivity index (χ4n) is 3.41. The van der Waals surface area contributed by atoms with Crippen molar-refractivity contribution in [2.24, 2.45) is 7.05 Å². The van der Waals surface area contributed by atoms with Crippen LogP contribution in [-0.4, -0.2) is 44.6 Å². The van der Waals surface area contributed by atoms with E-state index in [2.05, 4.69) is 21.7 Å². The summed E-state index contributed by atoms with van der Waals surface area (Å²) in [6, 6.07) is 2.19. The quantitative estimate of drug-likeness (QED) is 0.533. The van der Waals surface area contributed by atoms with E-state index in [1.54, 1.807) is 7.11 Å². The van der Waals surface area contributed by atoms with Crippen LogP contribution in [0.2, 0.25) is 0 Å². The highest BCUT2D eigenvalue weighted by Gasteiger charge is 2.29. The summed E-state index contributed by atoms with van der Waals surface area (Å²) in [6.45, 7) is 6.77. The number of Topliss-reactive ketones (excluding diaryl/α,β-unsaturated/α-hetero) is 1. The summed E-state index contributed by atoms with van der Waals surface area (Å²) >= 11 is 1.46. The maximum Gasteiger partial charge on any atom is 0.191 e. The minimum absolute atomic E-state index is 0.130. The van der Waals surface area contributed by atoms with Crippen molar-refractivity contribution in [1.82, 2.24) is 19.3 Å². The molecule has 25 heavy (non-hydrogen) atoms. The molecule has 0 saturated heterocycles. The van der Waals surface area contributed by atoms with Gasteiger partial charge in [0.15, 0.2) is 10.9 Å². The van der Waals surface area contributed by atoms with Gasteiger partial charge in [0.25, 0.3) is 0 Å². The molecule has 1 aliphatic rings. The van der Waals surface area contributed by atoms with Crippen LogP contribution in [0.1, 0.15) is 59.3 Å². The first-order chi connectivity index (χ1) is 11.9. The van der Waals surface area contributed by atoms with Gasteiger partial charge in [-0.15, -0.1) is 10.2 Å². The third kappa shape index (κ3) is 3.67. The molecule has 3 rings (SSSR count). The average molecular weight is 362 g/mol. The lowest BCUT2D eigenvalue weighted by atomic mass is 10.2. The Morgan fingerprint density at radius 1 is 1.40 bits per heavy atom. The third-order valence-electron chi connectivity index (χ3n) is 4.78. The highest BCUT2D eigenvalue weighted by atomic mass is 32.2. The van der Waals surface area contributed by atoms with E-state index >= 15 is 0 Å². The molecule has 0 aromatic carbocycles. The van der Waals surface area contributed by atoms with Crippen LogP contribution < -0.4 is 0 Å². The van der Waals surface area contributed by atoms with Crippen LogP contribution in [0.15, 0.2) is 11.2 Å². The van der Waals surface area contributed by atoms with Gasteiger partial charge in [-0.3, -0.25) is 4.79 Å². The maximum absolute atomic E-state index is 12.7. The van der Waals surface area contributed by atoms with Crippen molar-refractivity contribution in [3.8, 4) is 0 Å². The number of ketones is 1. The number of ether oxygens (including phenoxy) is 1. The zero-order valence-electron chi connectivity index (χ0n) is 15.6. The van der Waals surface area contributed by atoms with Crippen LogP contribution in [0.5, 0.6) is 0 Å². The largest absolute Gasteiger partial charge is 0.383 e. The van der Waals surface area contributed by atoms with Gasteiger partial charge in [0.1, 0.15) is 5.82 Å². The molecule has 2 heterocycles. The summed E-state index contributed by atoms with van der Waals surface area (Å²) in [5.41, 5.74) is 2.88. The molecule has 7 heteroatoms. The lowest BCUT2D eigenvalue weighted by Gasteiger charge is -2.17. The van der Waals surface area contributed by atoms with Crippen LogP contribution in [-0.2, 0) is 11.8 Å². The molecule has 2 aromatic rings. The van der Waals surface area contributed by atoms with Gasteiger partial charge in [0, 0.05) is 37.0 Å². The van der Waals surface area contributed by atoms with Gasteiger partial charge >= 0.3 is 0 Å². The Balaban J connectivity index is 1.70. The normalized spacial score (nSPS) is 15.6. The standard InChI is InChI=1S/C18H26N4O2S/c1-11-8-15(13(3)22(11)12(2)9-24-5)16(23)10-25-18-20-19-17(21(18)4)14-6-7-14/h8,12,14H,6-7,9-10H2,1-5H3/t12-/m1/s1. The fourth-order valence-corrected chi connectivity index (χ4v) is 4.21. The number of aryl methyl sites for hydroxylation is 1. The zero-order valence-corrected chi connectivity index (χ0v) is 16.4. The molecule has 1 fully saturated rings. The van der Waals surface area contributed by atoms with Gasteiger partial charge < -0.3 is 13.9 Å². The molecule has 1 saturated carbocycles. The minimum Gasteiger partial charge on any atom is -0.383 e. The minimum atomic E-state index is 0.130. The van der Waals surface area contributed by atoms with Crippen molar-refractivity contribution in [2.75, 3.05) is 19.5 Å². The monoisotopic (exact) mass is 362 g/mol. The number of rotatable bonds is 8. The summed E-state index contributed by atoms with van der Waals surface area (Å²) in [5, 5.41) is 9.33. The number of aromatic nitrogens is 4. The number of methoxy groups -OCH3 is 1. The molecule has 6 nitrogen and oxygen atoms in total. The molecule has 0 spiro atoms. The first-order valence-electron chi connectivity index (χ1n) is 8.66. The predicted octanol–water partition coefficient (Wildman–Crippen LogP) is 3.29. The van der Waals surface area contributed by atoms with Crippen LogP contribution >= 0.6 is 11.8 Å². The summed E-state index contributed by atoms with van der Waals surface area (Å²) in [5.74, 6) is 2.11. The molecule has 0 unspecified atom stereocenters. The van der Waals surface area contributed by atoms with Crippen molar-refractivity contribution in [1.29, 1.82) is 0 Å². The number of carbonyl (C=O) groups is 1. The summed E-state index contributed by atoms with van der Waals surface area (Å²) in [7, 11) is 3.68. The van der Waals surface area contributed by atoms with Gasteiger partial charge in [-0.05, 0) is 39.7 Å². The zero-order chi connectivity index (χ0) is 18.1. The SMILES string of the molecule is COC[C@@H](C)n1c(C)cc(C(=O)CSc2nnc(C3CC3)n2C)c1C. The maximum atomic E-state index is 12.7. The van der Waals surface area contributed by atoms with E-state index in [4.69, 9.17) is 4.74 Å². The molecule has 2 aromatic heterocycles. The van der Waals surface area contributed by atoms with Gasteiger partial charge in [-0.2, -0.15) is 0 Å². The molecular weight excluding hydrogens is 336 g/mol. The van der Waals surface area contributed by atoms with Crippen molar-refractivity contribution < 1.29 is 9.53 Å². The van der Waals surface area contributed by atoms with Crippen LogP contribution in [0.3, 0.4) is 0 Å². The Kier molecular flexibility index (Phi) is 5.34. The van der Waals surface area contributed by atoms with Gasteiger partial charge in [0.05, 0.1) is 18.4 Å². The third-order valence-corrected chi connectivity index (χ3v) is 5.80. The Morgan fingerprint density at radius 2 is 2.12 bits per heavy atom. The molecular formula is C18H26N4O2S. The summed E-state index contributed by atoms with van der Waals surface area (Å²) < 4.78 is 9.46. The number of hydrogen-bond acceptors (Lipinski definition) is 5. The molecule has 0 aliphatic heterocycles. The second-order valence-corrected chi connectivity index (χ2v) is 7.79. The highest BCUT2D eigenvalue weighted by Crippen LogP contribution is 2.39. The lowest BCUT2D eigenvalue weighted by Crippen LogP contribution is -2.14. The average Bonchev–Trinajstić information content (AvgIpc) is 3.27. The number of thioether (sulfide) groups is 1. The Hall–Kier alpha value is -1.60. The van der Waals surface area contributed by atoms with Crippen molar-refractivity contribution in [3.05, 3.63) is 28.8 Å². The molecule has 1 aliphatic carbocycles. The molecule has 1 atom stereocenters. The van der Waals surface area contributed by atoms with E-state index in [0.29, 0.717) is 18.3 Å². The molecule has 0 radical (unpaired) electrons. The van der Waals surface area contributed by atoms with Crippen LogP contribution in [0, 0.1) is 13.8 Å². The smallest absolute Gasteiger partial charge is 0.191 e. The van der Waals surface area contributed by atoms with Crippen LogP contribution in [0.25, 0.3) is 0 Å². The summed E-state index contributed by atoms with van der Waals surface area (Å²) in [4.78, 5) is 12.7. The molecule has 0 N–H and O–H groups in total. The van der Waals surface area contributed by atoms with Gasteiger partial charge in [-0.1, -0.05) is 11.8 Å². The molecule has 0 bridgehead atoms. The topological polar surface area (TPSA) is 61.9 Å². The van der Waals surface area contributed by atoms with E-state index in [0.717, 1.165) is 27.9 Å². The first-order valence-corrected chi connectivity index (χ1v) is 9.65. The van der Waals surface area contributed by atoms with Crippen LogP contribution in [0.4, 0.5) is 0 Å². The lowest BCUT2D eigenvalue weighted by molar-refractivity contribution is 0.102. The first kappa shape index (κ1) is 18.2. The Labute approximate surface area is 153 Å². The van der Waals surface area contributed by atoms with E-state index in [1.165, 1.54) is 24.6 Å². The predicted molar refractivity (Wildman–Crippen MR) is 98.5 cm³/mol. The Morgan fingerprint density at radius 3 is 2.76 bits per heavy atom. The van der Waals surface area contributed by atoms with E-state index in [1.807, 2.05) is 31.5 Å². The molecule has 0 amide bonds. The van der Waals surface area contributed by atoms with Crippen molar-refractivity contribution in [2.45, 2.75) is 50.7 Å². The van der Waals surface area contributed by atoms with Gasteiger partial charge in [0.2, 0.25) is 0 Å². The second kappa shape index (κ2) is 7.33. The van der Waals surface area contributed by atoms with E-state index < -0.39 is 0 Å². The molecule has 136 valence electrons. The van der Waals surface area contributed by atoms with Crippen molar-refractivity contribution in [3.63, 3.8) is 0 Å². The van der Waals surface area contributed by atoms with Gasteiger partial charge in [-0.25, -0.2) is 0 Å². The van der Waals surface area contributed by atoms with E-state index in [-0.39, 0.29) is 11.8 Å². The Bertz CT molecular complexity index is 776. The summed E-state index contributed by atoms with van der Waals surface area (Å²) in [6.07, 6.45) is 2.39. The fraction of sp³-hybridized carbons (Fsp3) is 0.611. The second-order valence-electron chi connectivity index (χ2n) is 6.85. The highest BCUT2D eigenvalue weighted by molar-refractivity contribution is 7.99. The number of carbonyl (C=O) groups excluding carboxylic acids is 1. The van der Waals surface area contributed by atoms with E-state index in [9.17, 15) is 4.79 Å². The van der Waals surface area contributed by atoms with Crippen molar-refractivity contribution >= 4 is 17.5 Å². The number of hydrogen-bond donors (Lipinski definition) is 0.